The Labute approximate surface area is 139 Å². The first-order valence-corrected chi connectivity index (χ1v) is 6.39. The van der Waals surface area contributed by atoms with Gasteiger partial charge in [-0.2, -0.15) is 0 Å². The quantitative estimate of drug-likeness (QED) is 0.497. The van der Waals surface area contributed by atoms with Gasteiger partial charge in [-0.3, -0.25) is 0 Å². The van der Waals surface area contributed by atoms with Crippen molar-refractivity contribution >= 4 is 17.7 Å². The van der Waals surface area contributed by atoms with Gasteiger partial charge in [-0.1, -0.05) is 42.1 Å². The fourth-order valence-corrected chi connectivity index (χ4v) is 2.12. The van der Waals surface area contributed by atoms with E-state index >= 15 is 0 Å². The molecule has 0 spiro atoms. The zero-order valence-corrected chi connectivity index (χ0v) is 13.4. The summed E-state index contributed by atoms with van der Waals surface area (Å²) in [6.07, 6.45) is 0. The summed E-state index contributed by atoms with van der Waals surface area (Å²) in [5.41, 5.74) is 0.186. The summed E-state index contributed by atoms with van der Waals surface area (Å²) in [6.45, 7) is 0. The second-order valence-electron chi connectivity index (χ2n) is 3.52. The molecule has 0 bridgehead atoms. The minimum Gasteiger partial charge on any atom is -1.00 e. The predicted molar refractivity (Wildman–Crippen MR) is 72.3 cm³/mol. The van der Waals surface area contributed by atoms with Gasteiger partial charge in [0.1, 0.15) is 17.3 Å². The normalized spacial score (nSPS) is 9.47. The number of carboxylic acids is 1. The SMILES string of the molecule is O=C(O)c1ccccc1OCSc1ccccc1.[H-].[Na+]. The Morgan fingerprint density at radius 3 is 2.42 bits per heavy atom. The molecule has 1 N–H and O–H groups in total. The second kappa shape index (κ2) is 8.27. The number of aromatic carboxylic acids is 1. The van der Waals surface area contributed by atoms with Gasteiger partial charge in [0.2, 0.25) is 0 Å². The van der Waals surface area contributed by atoms with Crippen molar-refractivity contribution in [1.82, 2.24) is 0 Å². The Hall–Kier alpha value is -0.940. The summed E-state index contributed by atoms with van der Waals surface area (Å²) >= 11 is 1.52. The fourth-order valence-electron chi connectivity index (χ4n) is 1.45. The molecule has 2 aromatic rings. The first-order valence-electron chi connectivity index (χ1n) is 5.40. The van der Waals surface area contributed by atoms with Crippen LogP contribution in [0.3, 0.4) is 0 Å². The minimum absolute atomic E-state index is 0. The molecule has 0 radical (unpaired) electrons. The van der Waals surface area contributed by atoms with Gasteiger partial charge in [0.15, 0.2) is 0 Å². The molecule has 0 unspecified atom stereocenters. The molecule has 94 valence electrons. The van der Waals surface area contributed by atoms with E-state index in [1.807, 2.05) is 30.3 Å². The van der Waals surface area contributed by atoms with E-state index in [0.717, 1.165) is 4.90 Å². The third kappa shape index (κ3) is 4.91. The van der Waals surface area contributed by atoms with Gasteiger partial charge in [-0.05, 0) is 24.3 Å². The van der Waals surface area contributed by atoms with Crippen molar-refractivity contribution in [2.75, 3.05) is 5.94 Å². The first kappa shape index (κ1) is 16.1. The van der Waals surface area contributed by atoms with Gasteiger partial charge in [-0.25, -0.2) is 4.79 Å². The minimum atomic E-state index is -0.977. The number of rotatable bonds is 5. The molecule has 2 aromatic carbocycles. The van der Waals surface area contributed by atoms with Gasteiger partial charge in [-0.15, -0.1) is 0 Å². The number of carboxylic acid groups (broad SMARTS) is 1. The smallest absolute Gasteiger partial charge is 1.00 e. The van der Waals surface area contributed by atoms with Crippen LogP contribution in [0.2, 0.25) is 0 Å². The van der Waals surface area contributed by atoms with E-state index in [-0.39, 0.29) is 36.5 Å². The molecule has 5 heteroatoms. The molecule has 2 rings (SSSR count). The van der Waals surface area contributed by atoms with Crippen molar-refractivity contribution in [2.45, 2.75) is 4.90 Å². The zero-order valence-electron chi connectivity index (χ0n) is 11.6. The summed E-state index contributed by atoms with van der Waals surface area (Å²) in [6, 6.07) is 16.5. The molecule has 0 aromatic heterocycles. The molecule has 0 atom stereocenters. The number of thioether (sulfide) groups is 1. The maximum Gasteiger partial charge on any atom is 1.00 e. The molecule has 3 nitrogen and oxygen atoms in total. The summed E-state index contributed by atoms with van der Waals surface area (Å²) in [5.74, 6) is -0.197. The fraction of sp³-hybridized carbons (Fsp3) is 0.0714. The molecular weight excluding hydrogens is 271 g/mol. The number of para-hydroxylation sites is 1. The largest absolute Gasteiger partial charge is 1.00 e. The van der Waals surface area contributed by atoms with E-state index in [1.165, 1.54) is 17.8 Å². The number of ether oxygens (including phenoxy) is 1. The Morgan fingerprint density at radius 1 is 1.11 bits per heavy atom. The first-order chi connectivity index (χ1) is 8.77. The number of hydrogen-bond acceptors (Lipinski definition) is 3. The van der Waals surface area contributed by atoms with Gasteiger partial charge in [0, 0.05) is 4.90 Å². The van der Waals surface area contributed by atoms with Crippen LogP contribution in [0.1, 0.15) is 11.8 Å². The van der Waals surface area contributed by atoms with Crippen LogP contribution in [-0.4, -0.2) is 17.0 Å². The van der Waals surface area contributed by atoms with Gasteiger partial charge in [0.25, 0.3) is 0 Å². The predicted octanol–water partition coefficient (Wildman–Crippen LogP) is 0.630. The summed E-state index contributed by atoms with van der Waals surface area (Å²) < 4.78 is 5.48. The standard InChI is InChI=1S/C14H12O3S.Na.H/c15-14(16)12-8-4-5-9-13(12)17-10-18-11-6-2-1-3-7-11;;/h1-9H,10H2,(H,15,16);;/q;+1;-1. The van der Waals surface area contributed by atoms with Crippen LogP contribution in [0.5, 0.6) is 5.75 Å². The van der Waals surface area contributed by atoms with E-state index in [2.05, 4.69) is 0 Å². The molecule has 0 amide bonds. The Kier molecular flexibility index (Phi) is 7.02. The van der Waals surface area contributed by atoms with E-state index in [0.29, 0.717) is 11.7 Å². The summed E-state index contributed by atoms with van der Waals surface area (Å²) in [5, 5.41) is 9.00. The van der Waals surface area contributed by atoms with Gasteiger partial charge >= 0.3 is 35.5 Å². The second-order valence-corrected chi connectivity index (χ2v) is 4.52. The molecule has 0 aliphatic rings. The van der Waals surface area contributed by atoms with Crippen LogP contribution in [0, 0.1) is 0 Å². The van der Waals surface area contributed by atoms with Crippen LogP contribution in [0.25, 0.3) is 0 Å². The van der Waals surface area contributed by atoms with E-state index in [1.54, 1.807) is 18.2 Å². The maximum absolute atomic E-state index is 11.0. The van der Waals surface area contributed by atoms with Crippen LogP contribution < -0.4 is 34.3 Å². The van der Waals surface area contributed by atoms with E-state index in [4.69, 9.17) is 9.84 Å². The van der Waals surface area contributed by atoms with Crippen molar-refractivity contribution in [3.63, 3.8) is 0 Å². The van der Waals surface area contributed by atoms with Crippen molar-refractivity contribution in [3.05, 3.63) is 60.2 Å². The number of benzene rings is 2. The van der Waals surface area contributed by atoms with E-state index < -0.39 is 5.97 Å². The van der Waals surface area contributed by atoms with Gasteiger partial charge in [0.05, 0.1) is 0 Å². The third-order valence-corrected chi connectivity index (χ3v) is 3.14. The molecular formula is C14H13NaO3S. The topological polar surface area (TPSA) is 46.5 Å². The molecule has 19 heavy (non-hydrogen) atoms. The molecule has 0 fully saturated rings. The third-order valence-electron chi connectivity index (χ3n) is 2.30. The van der Waals surface area contributed by atoms with Crippen LogP contribution in [0.15, 0.2) is 59.5 Å². The van der Waals surface area contributed by atoms with Gasteiger partial charge < -0.3 is 11.3 Å². The summed E-state index contributed by atoms with van der Waals surface area (Å²) in [4.78, 5) is 12.1. The average molecular weight is 284 g/mol. The Morgan fingerprint density at radius 2 is 1.74 bits per heavy atom. The molecule has 0 saturated carbocycles. The zero-order chi connectivity index (χ0) is 12.8. The van der Waals surface area contributed by atoms with Crippen LogP contribution in [0.4, 0.5) is 0 Å². The van der Waals surface area contributed by atoms with Crippen LogP contribution in [-0.2, 0) is 0 Å². The number of carbonyl (C=O) groups is 1. The molecule has 0 saturated heterocycles. The van der Waals surface area contributed by atoms with Crippen molar-refractivity contribution in [1.29, 1.82) is 0 Å². The van der Waals surface area contributed by atoms with Crippen LogP contribution >= 0.6 is 11.8 Å². The van der Waals surface area contributed by atoms with Crippen molar-refractivity contribution in [3.8, 4) is 5.75 Å². The summed E-state index contributed by atoms with van der Waals surface area (Å²) in [7, 11) is 0. The van der Waals surface area contributed by atoms with E-state index in [9.17, 15) is 4.79 Å². The monoisotopic (exact) mass is 284 g/mol. The maximum atomic E-state index is 11.0. The molecule has 0 aliphatic heterocycles. The molecule has 0 aliphatic carbocycles. The average Bonchev–Trinajstić information content (AvgIpc) is 2.40. The van der Waals surface area contributed by atoms with Crippen molar-refractivity contribution < 1.29 is 45.6 Å². The Balaban J connectivity index is 0.00000180. The Bertz CT molecular complexity index is 537. The number of hydrogen-bond donors (Lipinski definition) is 1. The van der Waals surface area contributed by atoms with Crippen molar-refractivity contribution in [2.24, 2.45) is 0 Å². The molecule has 0 heterocycles.